The lowest BCUT2D eigenvalue weighted by atomic mass is 9.86. The topological polar surface area (TPSA) is 58.2 Å². The lowest BCUT2D eigenvalue weighted by molar-refractivity contribution is -0.120. The third-order valence-corrected chi connectivity index (χ3v) is 4.20. The molecule has 0 saturated heterocycles. The number of para-hydroxylation sites is 1. The van der Waals surface area contributed by atoms with E-state index in [-0.39, 0.29) is 24.3 Å². The molecule has 2 N–H and O–H groups in total. The van der Waals surface area contributed by atoms with Crippen molar-refractivity contribution in [3.8, 4) is 0 Å². The minimum absolute atomic E-state index is 0.000545. The minimum atomic E-state index is -0.00731. The van der Waals surface area contributed by atoms with Gasteiger partial charge in [0.2, 0.25) is 5.91 Å². The van der Waals surface area contributed by atoms with Crippen LogP contribution in [0.1, 0.15) is 49.9 Å². The molecular weight excluding hydrogens is 264 g/mol. The van der Waals surface area contributed by atoms with Crippen molar-refractivity contribution in [1.29, 1.82) is 0 Å². The number of anilines is 1. The van der Waals surface area contributed by atoms with E-state index in [9.17, 15) is 9.59 Å². The number of nitrogens with one attached hydrogen (secondary N) is 2. The van der Waals surface area contributed by atoms with Gasteiger partial charge in [-0.1, -0.05) is 31.9 Å². The van der Waals surface area contributed by atoms with Gasteiger partial charge in [0.05, 0.1) is 6.54 Å². The van der Waals surface area contributed by atoms with E-state index in [2.05, 4.69) is 17.6 Å². The molecule has 0 aromatic heterocycles. The number of Topliss-reactive ketones (excluding diaryl/α,β-unsaturated/α-hetero) is 1. The first kappa shape index (κ1) is 15.5. The molecule has 0 heterocycles. The molecule has 2 rings (SSSR count). The van der Waals surface area contributed by atoms with Crippen LogP contribution in [0.15, 0.2) is 24.3 Å². The molecule has 1 aromatic rings. The van der Waals surface area contributed by atoms with E-state index in [0.717, 1.165) is 12.1 Å². The number of hydrogen-bond donors (Lipinski definition) is 2. The molecule has 0 bridgehead atoms. The predicted octanol–water partition coefficient (Wildman–Crippen LogP) is 3.00. The van der Waals surface area contributed by atoms with Crippen molar-refractivity contribution in [1.82, 2.24) is 5.32 Å². The van der Waals surface area contributed by atoms with Gasteiger partial charge < -0.3 is 10.6 Å². The number of benzene rings is 1. The summed E-state index contributed by atoms with van der Waals surface area (Å²) in [7, 11) is 0. The number of rotatable bonds is 5. The Morgan fingerprint density at radius 2 is 1.90 bits per heavy atom. The maximum Gasteiger partial charge on any atom is 0.239 e. The fraction of sp³-hybridized carbons (Fsp3) is 0.529. The lowest BCUT2D eigenvalue weighted by Crippen LogP contribution is -2.43. The third kappa shape index (κ3) is 4.31. The zero-order valence-corrected chi connectivity index (χ0v) is 12.8. The summed E-state index contributed by atoms with van der Waals surface area (Å²) in [6.07, 6.45) is 4.70. The van der Waals surface area contributed by atoms with Gasteiger partial charge in [0.1, 0.15) is 0 Å². The summed E-state index contributed by atoms with van der Waals surface area (Å²) in [5.74, 6) is 0.540. The van der Waals surface area contributed by atoms with E-state index in [1.165, 1.54) is 26.2 Å². The Bertz CT molecular complexity index is 513. The van der Waals surface area contributed by atoms with Crippen LogP contribution >= 0.6 is 0 Å². The number of carbonyl (C=O) groups excluding carboxylic acids is 2. The van der Waals surface area contributed by atoms with Gasteiger partial charge in [-0.25, -0.2) is 0 Å². The van der Waals surface area contributed by atoms with Gasteiger partial charge in [-0.2, -0.15) is 0 Å². The van der Waals surface area contributed by atoms with Crippen molar-refractivity contribution in [2.45, 2.75) is 45.6 Å². The molecule has 21 heavy (non-hydrogen) atoms. The summed E-state index contributed by atoms with van der Waals surface area (Å²) < 4.78 is 0. The Labute approximate surface area is 126 Å². The highest BCUT2D eigenvalue weighted by atomic mass is 16.2. The van der Waals surface area contributed by atoms with Crippen molar-refractivity contribution in [3.05, 3.63) is 29.8 Å². The van der Waals surface area contributed by atoms with E-state index in [1.54, 1.807) is 6.07 Å². The van der Waals surface area contributed by atoms with Crippen LogP contribution in [0.2, 0.25) is 0 Å². The van der Waals surface area contributed by atoms with Gasteiger partial charge in [0.25, 0.3) is 0 Å². The normalized spacial score (nSPS) is 21.6. The zero-order chi connectivity index (χ0) is 15.2. The molecule has 1 saturated carbocycles. The Morgan fingerprint density at radius 3 is 2.62 bits per heavy atom. The molecule has 2 atom stereocenters. The molecule has 4 heteroatoms. The number of amides is 1. The smallest absolute Gasteiger partial charge is 0.239 e. The van der Waals surface area contributed by atoms with Gasteiger partial charge in [0.15, 0.2) is 5.78 Å². The van der Waals surface area contributed by atoms with Crippen LogP contribution in [0.4, 0.5) is 5.69 Å². The van der Waals surface area contributed by atoms with Gasteiger partial charge >= 0.3 is 0 Å². The molecule has 0 aliphatic heterocycles. The van der Waals surface area contributed by atoms with Crippen molar-refractivity contribution in [2.75, 3.05) is 11.9 Å². The fourth-order valence-electron chi connectivity index (χ4n) is 2.91. The maximum atomic E-state index is 12.1. The highest BCUT2D eigenvalue weighted by Gasteiger charge is 2.22. The molecule has 1 aliphatic carbocycles. The van der Waals surface area contributed by atoms with Crippen LogP contribution in [0, 0.1) is 5.92 Å². The van der Waals surface area contributed by atoms with Crippen molar-refractivity contribution in [2.24, 2.45) is 5.92 Å². The summed E-state index contributed by atoms with van der Waals surface area (Å²) in [5, 5.41) is 6.17. The molecule has 1 amide bonds. The Morgan fingerprint density at radius 1 is 1.19 bits per heavy atom. The van der Waals surface area contributed by atoms with E-state index in [4.69, 9.17) is 0 Å². The van der Waals surface area contributed by atoms with Crippen LogP contribution in [0.25, 0.3) is 0 Å². The van der Waals surface area contributed by atoms with Crippen LogP contribution in [0.3, 0.4) is 0 Å². The molecule has 0 unspecified atom stereocenters. The standard InChI is InChI=1S/C17H24N2O2/c1-12-7-3-5-9-15(12)19-17(21)11-18-16-10-6-4-8-14(16)13(2)20/h4,6,8,10,12,15,18H,3,5,7,9,11H2,1-2H3,(H,19,21)/t12-,15-/m1/s1. The average Bonchev–Trinajstić information content (AvgIpc) is 2.48. The average molecular weight is 288 g/mol. The number of ketones is 1. The van der Waals surface area contributed by atoms with E-state index >= 15 is 0 Å². The Hall–Kier alpha value is -1.84. The lowest BCUT2D eigenvalue weighted by Gasteiger charge is -2.29. The summed E-state index contributed by atoms with van der Waals surface area (Å²) in [4.78, 5) is 23.6. The largest absolute Gasteiger partial charge is 0.376 e. The van der Waals surface area contributed by atoms with Gasteiger partial charge in [-0.3, -0.25) is 9.59 Å². The molecule has 4 nitrogen and oxygen atoms in total. The third-order valence-electron chi connectivity index (χ3n) is 4.20. The van der Waals surface area contributed by atoms with Gasteiger partial charge in [-0.15, -0.1) is 0 Å². The summed E-state index contributed by atoms with van der Waals surface area (Å²) in [6.45, 7) is 3.93. The zero-order valence-electron chi connectivity index (χ0n) is 12.8. The molecule has 0 radical (unpaired) electrons. The molecule has 114 valence electrons. The quantitative estimate of drug-likeness (QED) is 0.819. The van der Waals surface area contributed by atoms with Crippen LogP contribution < -0.4 is 10.6 Å². The number of carbonyl (C=O) groups is 2. The second-order valence-corrected chi connectivity index (χ2v) is 5.89. The maximum absolute atomic E-state index is 12.1. The first-order chi connectivity index (χ1) is 10.1. The summed E-state index contributed by atoms with van der Waals surface area (Å²) in [5.41, 5.74) is 1.34. The van der Waals surface area contributed by atoms with Gasteiger partial charge in [0, 0.05) is 17.3 Å². The Balaban J connectivity index is 1.88. The van der Waals surface area contributed by atoms with Crippen molar-refractivity contribution in [3.63, 3.8) is 0 Å². The van der Waals surface area contributed by atoms with Crippen molar-refractivity contribution < 1.29 is 9.59 Å². The van der Waals surface area contributed by atoms with Crippen LogP contribution in [0.5, 0.6) is 0 Å². The van der Waals surface area contributed by atoms with E-state index < -0.39 is 0 Å². The monoisotopic (exact) mass is 288 g/mol. The molecule has 1 fully saturated rings. The highest BCUT2D eigenvalue weighted by Crippen LogP contribution is 2.23. The second-order valence-electron chi connectivity index (χ2n) is 5.89. The first-order valence-corrected chi connectivity index (χ1v) is 7.71. The predicted molar refractivity (Wildman–Crippen MR) is 84.5 cm³/mol. The highest BCUT2D eigenvalue weighted by molar-refractivity contribution is 6.00. The summed E-state index contributed by atoms with van der Waals surface area (Å²) in [6, 6.07) is 7.57. The minimum Gasteiger partial charge on any atom is -0.376 e. The first-order valence-electron chi connectivity index (χ1n) is 7.71. The second kappa shape index (κ2) is 7.25. The van der Waals surface area contributed by atoms with Crippen molar-refractivity contribution >= 4 is 17.4 Å². The summed E-state index contributed by atoms with van der Waals surface area (Å²) >= 11 is 0. The molecular formula is C17H24N2O2. The van der Waals surface area contributed by atoms with Gasteiger partial charge in [-0.05, 0) is 37.8 Å². The fourth-order valence-corrected chi connectivity index (χ4v) is 2.91. The molecule has 0 spiro atoms. The molecule has 1 aliphatic rings. The molecule has 1 aromatic carbocycles. The Kier molecular flexibility index (Phi) is 5.37. The number of hydrogen-bond acceptors (Lipinski definition) is 3. The van der Waals surface area contributed by atoms with Crippen LogP contribution in [-0.2, 0) is 4.79 Å². The van der Waals surface area contributed by atoms with E-state index in [1.807, 2.05) is 18.2 Å². The SMILES string of the molecule is CC(=O)c1ccccc1NCC(=O)N[C@@H]1CCCC[C@H]1C. The van der Waals surface area contributed by atoms with E-state index in [0.29, 0.717) is 11.5 Å². The van der Waals surface area contributed by atoms with Crippen LogP contribution in [-0.4, -0.2) is 24.3 Å².